The summed E-state index contributed by atoms with van der Waals surface area (Å²) >= 11 is 0. The number of anilines is 1. The van der Waals surface area contributed by atoms with Crippen LogP contribution in [0.4, 0.5) is 10.1 Å². The highest BCUT2D eigenvalue weighted by Crippen LogP contribution is 2.21. The van der Waals surface area contributed by atoms with Gasteiger partial charge in [0.25, 0.3) is 0 Å². The second-order valence-corrected chi connectivity index (χ2v) is 5.60. The molecule has 1 aliphatic rings. The Morgan fingerprint density at radius 2 is 2.08 bits per heavy atom. The van der Waals surface area contributed by atoms with Crippen molar-refractivity contribution in [3.63, 3.8) is 0 Å². The van der Waals surface area contributed by atoms with Crippen LogP contribution in [0.15, 0.2) is 36.9 Å². The molecular formula is C16H21Cl2FN4O2. The van der Waals surface area contributed by atoms with Gasteiger partial charge in [-0.3, -0.25) is 4.79 Å². The van der Waals surface area contributed by atoms with Gasteiger partial charge in [-0.2, -0.15) is 0 Å². The Labute approximate surface area is 157 Å². The molecule has 1 aliphatic heterocycles. The van der Waals surface area contributed by atoms with E-state index < -0.39 is 11.9 Å². The Kier molecular flexibility index (Phi) is 8.31. The number of nitrogens with two attached hydrogens (primary N) is 1. The highest BCUT2D eigenvalue weighted by Gasteiger charge is 2.26. The molecule has 1 saturated heterocycles. The molecule has 1 atom stereocenters. The van der Waals surface area contributed by atoms with Crippen LogP contribution in [0, 0.1) is 11.7 Å². The van der Waals surface area contributed by atoms with Gasteiger partial charge in [0.2, 0.25) is 5.91 Å². The van der Waals surface area contributed by atoms with E-state index in [4.69, 9.17) is 10.5 Å². The van der Waals surface area contributed by atoms with Gasteiger partial charge in [-0.1, -0.05) is 0 Å². The number of imidazole rings is 1. The first-order valence-electron chi connectivity index (χ1n) is 7.57. The van der Waals surface area contributed by atoms with Crippen molar-refractivity contribution in [3.8, 4) is 5.69 Å². The Balaban J connectivity index is 0.00000156. The molecule has 138 valence electrons. The lowest BCUT2D eigenvalue weighted by atomic mass is 9.92. The van der Waals surface area contributed by atoms with Crippen LogP contribution < -0.4 is 11.1 Å². The Morgan fingerprint density at radius 3 is 2.68 bits per heavy atom. The average Bonchev–Trinajstić information content (AvgIpc) is 3.09. The highest BCUT2D eigenvalue weighted by atomic mass is 35.5. The highest BCUT2D eigenvalue weighted by molar-refractivity contribution is 5.95. The van der Waals surface area contributed by atoms with Crippen LogP contribution in [-0.4, -0.2) is 34.7 Å². The van der Waals surface area contributed by atoms with Gasteiger partial charge in [0.05, 0.1) is 18.1 Å². The molecule has 0 saturated carbocycles. The maximum atomic E-state index is 14.2. The van der Waals surface area contributed by atoms with Gasteiger partial charge >= 0.3 is 0 Å². The predicted octanol–water partition coefficient (Wildman–Crippen LogP) is 2.55. The van der Waals surface area contributed by atoms with Crippen molar-refractivity contribution in [1.29, 1.82) is 0 Å². The van der Waals surface area contributed by atoms with Gasteiger partial charge in [0, 0.05) is 31.3 Å². The van der Waals surface area contributed by atoms with Gasteiger partial charge in [-0.25, -0.2) is 9.37 Å². The third kappa shape index (κ3) is 5.15. The van der Waals surface area contributed by atoms with Crippen molar-refractivity contribution >= 4 is 36.4 Å². The largest absolute Gasteiger partial charge is 0.381 e. The number of amides is 1. The minimum Gasteiger partial charge on any atom is -0.381 e. The average molecular weight is 391 g/mol. The van der Waals surface area contributed by atoms with Crippen molar-refractivity contribution in [2.45, 2.75) is 18.9 Å². The maximum Gasteiger partial charge on any atom is 0.241 e. The summed E-state index contributed by atoms with van der Waals surface area (Å²) in [5.74, 6) is -0.647. The quantitative estimate of drug-likeness (QED) is 0.839. The number of rotatable bonds is 4. The Hall–Kier alpha value is -1.67. The van der Waals surface area contributed by atoms with E-state index in [9.17, 15) is 9.18 Å². The van der Waals surface area contributed by atoms with E-state index in [-0.39, 0.29) is 36.6 Å². The predicted molar refractivity (Wildman–Crippen MR) is 98.2 cm³/mol. The molecule has 1 aromatic carbocycles. The number of benzene rings is 1. The zero-order valence-electron chi connectivity index (χ0n) is 13.4. The van der Waals surface area contributed by atoms with Gasteiger partial charge in [0.15, 0.2) is 0 Å². The second kappa shape index (κ2) is 9.72. The summed E-state index contributed by atoms with van der Waals surface area (Å²) in [6.45, 7) is 1.25. The minimum atomic E-state index is -0.615. The minimum absolute atomic E-state index is 0. The summed E-state index contributed by atoms with van der Waals surface area (Å²) in [5.41, 5.74) is 6.77. The van der Waals surface area contributed by atoms with Crippen LogP contribution in [0.3, 0.4) is 0 Å². The van der Waals surface area contributed by atoms with Crippen molar-refractivity contribution in [2.75, 3.05) is 18.5 Å². The van der Waals surface area contributed by atoms with Crippen LogP contribution >= 0.6 is 24.8 Å². The molecule has 0 spiro atoms. The SMILES string of the molecule is Cl.Cl.NC(C(=O)Nc1ccc(-n2ccnc2)c(F)c1)C1CCOCC1. The maximum absolute atomic E-state index is 14.2. The van der Waals surface area contributed by atoms with Crippen LogP contribution in [0.2, 0.25) is 0 Å². The summed E-state index contributed by atoms with van der Waals surface area (Å²) < 4.78 is 21.0. The van der Waals surface area contributed by atoms with E-state index in [1.165, 1.54) is 12.4 Å². The normalized spacial score (nSPS) is 15.6. The molecule has 0 aliphatic carbocycles. The lowest BCUT2D eigenvalue weighted by Crippen LogP contribution is -2.44. The number of hydrogen-bond donors (Lipinski definition) is 2. The number of nitrogens with zero attached hydrogens (tertiary/aromatic N) is 2. The molecule has 25 heavy (non-hydrogen) atoms. The topological polar surface area (TPSA) is 82.2 Å². The number of ether oxygens (including phenoxy) is 1. The number of nitrogens with one attached hydrogen (secondary N) is 1. The van der Waals surface area contributed by atoms with E-state index in [0.29, 0.717) is 24.6 Å². The Bertz CT molecular complexity index is 679. The number of hydrogen-bond acceptors (Lipinski definition) is 4. The number of carbonyl (C=O) groups is 1. The molecule has 6 nitrogen and oxygen atoms in total. The first kappa shape index (κ1) is 21.4. The van der Waals surface area contributed by atoms with Gasteiger partial charge in [-0.05, 0) is 37.0 Å². The molecule has 0 radical (unpaired) electrons. The molecule has 3 N–H and O–H groups in total. The van der Waals surface area contributed by atoms with E-state index in [1.807, 2.05) is 0 Å². The van der Waals surface area contributed by atoms with Crippen LogP contribution in [-0.2, 0) is 9.53 Å². The third-order valence-corrected chi connectivity index (χ3v) is 4.07. The molecule has 9 heteroatoms. The molecule has 1 aromatic heterocycles. The molecule has 2 heterocycles. The first-order valence-corrected chi connectivity index (χ1v) is 7.57. The van der Waals surface area contributed by atoms with E-state index in [1.54, 1.807) is 29.1 Å². The second-order valence-electron chi connectivity index (χ2n) is 5.60. The van der Waals surface area contributed by atoms with Gasteiger partial charge in [-0.15, -0.1) is 24.8 Å². The summed E-state index contributed by atoms with van der Waals surface area (Å²) in [6, 6.07) is 3.90. The van der Waals surface area contributed by atoms with E-state index in [2.05, 4.69) is 10.3 Å². The number of aromatic nitrogens is 2. The number of carbonyl (C=O) groups excluding carboxylic acids is 1. The molecule has 2 aromatic rings. The summed E-state index contributed by atoms with van der Waals surface area (Å²) in [4.78, 5) is 16.1. The zero-order valence-corrected chi connectivity index (χ0v) is 15.1. The lowest BCUT2D eigenvalue weighted by Gasteiger charge is -2.26. The lowest BCUT2D eigenvalue weighted by molar-refractivity contribution is -0.119. The fourth-order valence-corrected chi connectivity index (χ4v) is 2.71. The fourth-order valence-electron chi connectivity index (χ4n) is 2.71. The summed E-state index contributed by atoms with van der Waals surface area (Å²) in [5, 5.41) is 2.68. The Morgan fingerprint density at radius 1 is 1.36 bits per heavy atom. The standard InChI is InChI=1S/C16H19FN4O2.2ClH/c17-13-9-12(1-2-14(13)21-6-5-19-10-21)20-16(22)15(18)11-3-7-23-8-4-11;;/h1-2,5-6,9-11,15H,3-4,7-8,18H2,(H,20,22);2*1H. The summed E-state index contributed by atoms with van der Waals surface area (Å²) in [6.07, 6.45) is 6.27. The monoisotopic (exact) mass is 390 g/mol. The number of halogens is 3. The summed E-state index contributed by atoms with van der Waals surface area (Å²) in [7, 11) is 0. The molecule has 1 amide bonds. The molecular weight excluding hydrogens is 370 g/mol. The molecule has 1 fully saturated rings. The third-order valence-electron chi connectivity index (χ3n) is 4.07. The van der Waals surface area contributed by atoms with Crippen LogP contribution in [0.5, 0.6) is 0 Å². The van der Waals surface area contributed by atoms with Crippen molar-refractivity contribution in [1.82, 2.24) is 9.55 Å². The van der Waals surface area contributed by atoms with Crippen molar-refractivity contribution in [2.24, 2.45) is 11.7 Å². The molecule has 0 bridgehead atoms. The smallest absolute Gasteiger partial charge is 0.241 e. The fraction of sp³-hybridized carbons (Fsp3) is 0.375. The van der Waals surface area contributed by atoms with Crippen molar-refractivity contribution in [3.05, 3.63) is 42.7 Å². The molecule has 3 rings (SSSR count). The van der Waals surface area contributed by atoms with Crippen LogP contribution in [0.25, 0.3) is 5.69 Å². The van der Waals surface area contributed by atoms with Crippen molar-refractivity contribution < 1.29 is 13.9 Å². The van der Waals surface area contributed by atoms with E-state index >= 15 is 0 Å². The zero-order chi connectivity index (χ0) is 16.2. The van der Waals surface area contributed by atoms with Gasteiger partial charge in [0.1, 0.15) is 5.82 Å². The van der Waals surface area contributed by atoms with Gasteiger partial charge < -0.3 is 20.4 Å². The molecule has 1 unspecified atom stereocenters. The first-order chi connectivity index (χ1) is 11.1. The van der Waals surface area contributed by atoms with Crippen LogP contribution in [0.1, 0.15) is 12.8 Å². The van der Waals surface area contributed by atoms with E-state index in [0.717, 1.165) is 12.8 Å².